The van der Waals surface area contributed by atoms with E-state index < -0.39 is 6.10 Å². The molecule has 84 valence electrons. The summed E-state index contributed by atoms with van der Waals surface area (Å²) in [6, 6.07) is 3.62. The molecule has 2 heteroatoms. The predicted molar refractivity (Wildman–Crippen MR) is 62.2 cm³/mol. The van der Waals surface area contributed by atoms with Crippen molar-refractivity contribution in [1.29, 1.82) is 0 Å². The Hall–Kier alpha value is -1.02. The first-order valence-electron chi connectivity index (χ1n) is 5.25. The van der Waals surface area contributed by atoms with Crippen LogP contribution in [0.2, 0.25) is 0 Å². The lowest BCUT2D eigenvalue weighted by Crippen LogP contribution is -2.12. The van der Waals surface area contributed by atoms with Crippen molar-refractivity contribution in [3.8, 4) is 5.75 Å². The number of rotatable bonds is 1. The van der Waals surface area contributed by atoms with E-state index in [1.807, 2.05) is 13.0 Å². The number of phenolic OH excluding ortho intramolecular Hbond substituents is 1. The molecule has 0 fully saturated rings. The summed E-state index contributed by atoms with van der Waals surface area (Å²) >= 11 is 0. The minimum atomic E-state index is -0.537. The highest BCUT2D eigenvalue weighted by Gasteiger charge is 2.20. The second kappa shape index (κ2) is 3.86. The number of aromatic hydroxyl groups is 1. The lowest BCUT2D eigenvalue weighted by atomic mass is 9.84. The molecule has 15 heavy (non-hydrogen) atoms. The van der Waals surface area contributed by atoms with Gasteiger partial charge in [-0.2, -0.15) is 0 Å². The van der Waals surface area contributed by atoms with Crippen molar-refractivity contribution in [3.63, 3.8) is 0 Å². The Labute approximate surface area is 91.6 Å². The van der Waals surface area contributed by atoms with E-state index in [-0.39, 0.29) is 11.2 Å². The van der Waals surface area contributed by atoms with E-state index in [4.69, 9.17) is 0 Å². The summed E-state index contributed by atoms with van der Waals surface area (Å²) in [6.07, 6.45) is -0.537. The fourth-order valence-electron chi connectivity index (χ4n) is 1.76. The Morgan fingerprint density at radius 2 is 1.73 bits per heavy atom. The van der Waals surface area contributed by atoms with E-state index >= 15 is 0 Å². The highest BCUT2D eigenvalue weighted by molar-refractivity contribution is 5.45. The third-order valence-corrected chi connectivity index (χ3v) is 2.64. The molecule has 1 rings (SSSR count). The second-order valence-electron chi connectivity index (χ2n) is 5.15. The van der Waals surface area contributed by atoms with Crippen LogP contribution in [0.3, 0.4) is 0 Å². The van der Waals surface area contributed by atoms with Gasteiger partial charge in [0.15, 0.2) is 0 Å². The number of hydrogen-bond donors (Lipinski definition) is 2. The van der Waals surface area contributed by atoms with Crippen LogP contribution in [-0.4, -0.2) is 10.2 Å². The molecule has 0 spiro atoms. The van der Waals surface area contributed by atoms with Gasteiger partial charge in [0.25, 0.3) is 0 Å². The van der Waals surface area contributed by atoms with Gasteiger partial charge in [-0.15, -0.1) is 0 Å². The van der Waals surface area contributed by atoms with Crippen molar-refractivity contribution in [3.05, 3.63) is 28.8 Å². The number of hydrogen-bond acceptors (Lipinski definition) is 2. The van der Waals surface area contributed by atoms with Gasteiger partial charge in [0.2, 0.25) is 0 Å². The van der Waals surface area contributed by atoms with Gasteiger partial charge in [0, 0.05) is 0 Å². The van der Waals surface area contributed by atoms with Crippen molar-refractivity contribution < 1.29 is 10.2 Å². The molecule has 1 aromatic carbocycles. The average molecular weight is 208 g/mol. The molecule has 0 saturated carbocycles. The topological polar surface area (TPSA) is 40.5 Å². The molecule has 0 radical (unpaired) electrons. The molecular formula is C13H20O2. The quantitative estimate of drug-likeness (QED) is 0.744. The van der Waals surface area contributed by atoms with E-state index in [0.717, 1.165) is 16.7 Å². The molecule has 0 aliphatic carbocycles. The second-order valence-corrected chi connectivity index (χ2v) is 5.15. The zero-order valence-electron chi connectivity index (χ0n) is 10.1. The first-order valence-corrected chi connectivity index (χ1v) is 5.25. The number of aliphatic hydroxyl groups is 1. The van der Waals surface area contributed by atoms with E-state index in [1.165, 1.54) is 0 Å². The van der Waals surface area contributed by atoms with Gasteiger partial charge in [-0.05, 0) is 42.0 Å². The molecular weight excluding hydrogens is 188 g/mol. The predicted octanol–water partition coefficient (Wildman–Crippen LogP) is 3.05. The number of aryl methyl sites for hydroxylation is 1. The van der Waals surface area contributed by atoms with Crippen LogP contribution in [0.5, 0.6) is 5.75 Å². The number of aliphatic hydroxyl groups excluding tert-OH is 1. The molecule has 0 heterocycles. The maximum Gasteiger partial charge on any atom is 0.119 e. The third kappa shape index (κ3) is 2.51. The molecule has 0 amide bonds. The SMILES string of the molecule is Cc1cc(C(C)(C)C)c(O)cc1C(C)O. The van der Waals surface area contributed by atoms with Crippen LogP contribution in [0.4, 0.5) is 0 Å². The summed E-state index contributed by atoms with van der Waals surface area (Å²) in [7, 11) is 0. The normalized spacial score (nSPS) is 14.0. The van der Waals surface area contributed by atoms with Crippen LogP contribution < -0.4 is 0 Å². The molecule has 1 atom stereocenters. The third-order valence-electron chi connectivity index (χ3n) is 2.64. The first-order chi connectivity index (χ1) is 6.73. The highest BCUT2D eigenvalue weighted by atomic mass is 16.3. The van der Waals surface area contributed by atoms with Crippen molar-refractivity contribution in [1.82, 2.24) is 0 Å². The van der Waals surface area contributed by atoms with E-state index in [9.17, 15) is 10.2 Å². The van der Waals surface area contributed by atoms with Crippen LogP contribution >= 0.6 is 0 Å². The number of benzene rings is 1. The summed E-state index contributed by atoms with van der Waals surface area (Å²) in [6.45, 7) is 9.84. The minimum Gasteiger partial charge on any atom is -0.508 e. The van der Waals surface area contributed by atoms with Gasteiger partial charge >= 0.3 is 0 Å². The Morgan fingerprint density at radius 3 is 2.13 bits per heavy atom. The molecule has 1 aromatic rings. The Kier molecular flexibility index (Phi) is 3.10. The minimum absolute atomic E-state index is 0.0773. The van der Waals surface area contributed by atoms with Crippen LogP contribution in [0.1, 0.15) is 50.5 Å². The summed E-state index contributed by atoms with van der Waals surface area (Å²) in [4.78, 5) is 0. The lowest BCUT2D eigenvalue weighted by molar-refractivity contribution is 0.198. The van der Waals surface area contributed by atoms with Gasteiger partial charge < -0.3 is 10.2 Å². The van der Waals surface area contributed by atoms with E-state index in [1.54, 1.807) is 13.0 Å². The fourth-order valence-corrected chi connectivity index (χ4v) is 1.76. The average Bonchev–Trinajstić information content (AvgIpc) is 2.06. The van der Waals surface area contributed by atoms with Crippen molar-refractivity contribution in [2.75, 3.05) is 0 Å². The Balaban J connectivity index is 3.32. The van der Waals surface area contributed by atoms with Gasteiger partial charge in [0.1, 0.15) is 5.75 Å². The summed E-state index contributed by atoms with van der Waals surface area (Å²) < 4.78 is 0. The zero-order valence-corrected chi connectivity index (χ0v) is 10.1. The highest BCUT2D eigenvalue weighted by Crippen LogP contribution is 2.34. The molecule has 0 aromatic heterocycles. The zero-order chi connectivity index (χ0) is 11.8. The smallest absolute Gasteiger partial charge is 0.119 e. The maximum absolute atomic E-state index is 9.89. The standard InChI is InChI=1S/C13H20O2/c1-8-6-11(13(3,4)5)12(15)7-10(8)9(2)14/h6-7,9,14-15H,1-5H3. The van der Waals surface area contributed by atoms with Crippen LogP contribution in [0, 0.1) is 6.92 Å². The molecule has 0 aliphatic rings. The molecule has 2 nitrogen and oxygen atoms in total. The van der Waals surface area contributed by atoms with Gasteiger partial charge in [-0.25, -0.2) is 0 Å². The molecule has 1 unspecified atom stereocenters. The Bertz CT molecular complexity index is 360. The van der Waals surface area contributed by atoms with Gasteiger partial charge in [-0.1, -0.05) is 26.8 Å². The lowest BCUT2D eigenvalue weighted by Gasteiger charge is -2.22. The van der Waals surface area contributed by atoms with Crippen molar-refractivity contribution in [2.24, 2.45) is 0 Å². The maximum atomic E-state index is 9.89. The van der Waals surface area contributed by atoms with E-state index in [2.05, 4.69) is 20.8 Å². The number of phenols is 1. The summed E-state index contributed by atoms with van der Waals surface area (Å²) in [5, 5.41) is 19.4. The van der Waals surface area contributed by atoms with Crippen molar-refractivity contribution >= 4 is 0 Å². The van der Waals surface area contributed by atoms with Crippen LogP contribution in [-0.2, 0) is 5.41 Å². The van der Waals surface area contributed by atoms with Crippen LogP contribution in [0.25, 0.3) is 0 Å². The molecule has 0 aliphatic heterocycles. The van der Waals surface area contributed by atoms with Crippen molar-refractivity contribution in [2.45, 2.75) is 46.1 Å². The summed E-state index contributed by atoms with van der Waals surface area (Å²) in [5.74, 6) is 0.268. The monoisotopic (exact) mass is 208 g/mol. The van der Waals surface area contributed by atoms with Gasteiger partial charge in [-0.3, -0.25) is 0 Å². The largest absolute Gasteiger partial charge is 0.508 e. The van der Waals surface area contributed by atoms with Gasteiger partial charge in [0.05, 0.1) is 6.10 Å². The van der Waals surface area contributed by atoms with Crippen LogP contribution in [0.15, 0.2) is 12.1 Å². The van der Waals surface area contributed by atoms with E-state index in [0.29, 0.717) is 0 Å². The molecule has 0 saturated heterocycles. The Morgan fingerprint density at radius 1 is 1.20 bits per heavy atom. The fraction of sp³-hybridized carbons (Fsp3) is 0.538. The first kappa shape index (κ1) is 12.1. The molecule has 2 N–H and O–H groups in total. The molecule has 0 bridgehead atoms. The summed E-state index contributed by atoms with van der Waals surface area (Å²) in [5.41, 5.74) is 2.66.